The Hall–Kier alpha value is -2.71. The lowest BCUT2D eigenvalue weighted by Gasteiger charge is -2.09. The molecule has 0 unspecified atom stereocenters. The van der Waals surface area contributed by atoms with Gasteiger partial charge in [0.1, 0.15) is 17.6 Å². The Morgan fingerprint density at radius 2 is 2.14 bits per heavy atom. The number of rotatable bonds is 4. The van der Waals surface area contributed by atoms with Crippen molar-refractivity contribution in [2.45, 2.75) is 6.54 Å². The van der Waals surface area contributed by atoms with Gasteiger partial charge < -0.3 is 15.2 Å². The van der Waals surface area contributed by atoms with Crippen LogP contribution in [-0.4, -0.2) is 11.2 Å². The lowest BCUT2D eigenvalue weighted by molar-refractivity contribution is 0.194. The molecule has 0 bridgehead atoms. The smallest absolute Gasteiger partial charge is 0.404 e. The fraction of sp³-hybridized carbons (Fsp3) is 0.0667. The van der Waals surface area contributed by atoms with Crippen LogP contribution in [-0.2, 0) is 6.54 Å². The van der Waals surface area contributed by atoms with E-state index in [1.165, 1.54) is 0 Å². The number of ether oxygens (including phenoxy) is 1. The van der Waals surface area contributed by atoms with E-state index in [2.05, 4.69) is 5.32 Å². The van der Waals surface area contributed by atoms with Gasteiger partial charge >= 0.3 is 6.09 Å². The van der Waals surface area contributed by atoms with Crippen LogP contribution >= 0.6 is 11.6 Å². The van der Waals surface area contributed by atoms with Crippen LogP contribution in [0.2, 0.25) is 5.02 Å². The highest BCUT2D eigenvalue weighted by atomic mass is 35.5. The maximum Gasteiger partial charge on any atom is 0.404 e. The summed E-state index contributed by atoms with van der Waals surface area (Å²) in [5.74, 6) is 0.854. The van der Waals surface area contributed by atoms with Gasteiger partial charge in [0.05, 0.1) is 5.56 Å². The minimum Gasteiger partial charge on any atom is -0.465 e. The molecule has 1 amide bonds. The molecule has 0 radical (unpaired) electrons. The number of carboxylic acid groups (broad SMARTS) is 1. The van der Waals surface area contributed by atoms with E-state index < -0.39 is 6.09 Å². The minimum absolute atomic E-state index is 0.174. The second kappa shape index (κ2) is 6.64. The van der Waals surface area contributed by atoms with Crippen molar-refractivity contribution >= 4 is 17.7 Å². The summed E-state index contributed by atoms with van der Waals surface area (Å²) >= 11 is 5.89. The molecule has 2 N–H and O–H groups in total. The SMILES string of the molecule is N#Cc1ccc(Cl)cc1Oc1cccc(CNC(=O)O)c1. The first-order valence-corrected chi connectivity index (χ1v) is 6.39. The number of hydrogen-bond donors (Lipinski definition) is 2. The van der Waals surface area contributed by atoms with Gasteiger partial charge in [-0.1, -0.05) is 23.7 Å². The van der Waals surface area contributed by atoms with Crippen LogP contribution in [0, 0.1) is 11.3 Å². The van der Waals surface area contributed by atoms with E-state index in [1.54, 1.807) is 42.5 Å². The molecule has 6 heteroatoms. The number of amides is 1. The van der Waals surface area contributed by atoms with E-state index in [0.717, 1.165) is 5.56 Å². The van der Waals surface area contributed by atoms with Crippen molar-refractivity contribution < 1.29 is 14.6 Å². The van der Waals surface area contributed by atoms with Crippen molar-refractivity contribution in [3.8, 4) is 17.6 Å². The van der Waals surface area contributed by atoms with E-state index in [-0.39, 0.29) is 6.54 Å². The molecule has 0 aromatic heterocycles. The highest BCUT2D eigenvalue weighted by Gasteiger charge is 2.06. The first-order valence-electron chi connectivity index (χ1n) is 6.02. The van der Waals surface area contributed by atoms with Crippen LogP contribution < -0.4 is 10.1 Å². The molecule has 0 fully saturated rings. The van der Waals surface area contributed by atoms with Crippen molar-refractivity contribution in [3.63, 3.8) is 0 Å². The lowest BCUT2D eigenvalue weighted by Crippen LogP contribution is -2.19. The number of nitriles is 1. The van der Waals surface area contributed by atoms with Gasteiger partial charge in [-0.3, -0.25) is 0 Å². The highest BCUT2D eigenvalue weighted by molar-refractivity contribution is 6.30. The van der Waals surface area contributed by atoms with Gasteiger partial charge in [0.2, 0.25) is 0 Å². The predicted octanol–water partition coefficient (Wildman–Crippen LogP) is 3.77. The Labute approximate surface area is 126 Å². The topological polar surface area (TPSA) is 82.3 Å². The summed E-state index contributed by atoms with van der Waals surface area (Å²) in [5, 5.41) is 20.4. The first-order chi connectivity index (χ1) is 10.1. The Morgan fingerprint density at radius 3 is 2.86 bits per heavy atom. The van der Waals surface area contributed by atoms with Gasteiger partial charge in [-0.25, -0.2) is 4.79 Å². The zero-order chi connectivity index (χ0) is 15.2. The fourth-order valence-electron chi connectivity index (χ4n) is 1.70. The molecule has 106 valence electrons. The zero-order valence-electron chi connectivity index (χ0n) is 10.8. The second-order valence-corrected chi connectivity index (χ2v) is 4.60. The van der Waals surface area contributed by atoms with E-state index in [0.29, 0.717) is 22.1 Å². The summed E-state index contributed by atoms with van der Waals surface area (Å²) in [5.41, 5.74) is 1.11. The largest absolute Gasteiger partial charge is 0.465 e. The Kier molecular flexibility index (Phi) is 4.64. The number of carbonyl (C=O) groups is 1. The fourth-order valence-corrected chi connectivity index (χ4v) is 1.86. The van der Waals surface area contributed by atoms with Gasteiger partial charge in [-0.15, -0.1) is 0 Å². The molecule has 0 saturated carbocycles. The summed E-state index contributed by atoms with van der Waals surface area (Å²) in [6.45, 7) is 0.174. The van der Waals surface area contributed by atoms with Crippen LogP contribution in [0.25, 0.3) is 0 Å². The molecule has 0 atom stereocenters. The van der Waals surface area contributed by atoms with Crippen molar-refractivity contribution in [3.05, 3.63) is 58.6 Å². The number of hydrogen-bond acceptors (Lipinski definition) is 3. The quantitative estimate of drug-likeness (QED) is 0.900. The molecule has 0 heterocycles. The number of nitrogens with zero attached hydrogens (tertiary/aromatic N) is 1. The summed E-state index contributed by atoms with van der Waals surface area (Å²) in [7, 11) is 0. The number of benzene rings is 2. The third-order valence-corrected chi connectivity index (χ3v) is 2.87. The molecule has 0 aliphatic carbocycles. The van der Waals surface area contributed by atoms with Gasteiger partial charge in [0.25, 0.3) is 0 Å². The van der Waals surface area contributed by atoms with Crippen LogP contribution in [0.4, 0.5) is 4.79 Å². The summed E-state index contributed by atoms with van der Waals surface area (Å²) < 4.78 is 5.65. The molecule has 5 nitrogen and oxygen atoms in total. The summed E-state index contributed by atoms with van der Waals surface area (Å²) in [6.07, 6.45) is -1.09. The highest BCUT2D eigenvalue weighted by Crippen LogP contribution is 2.28. The molecule has 2 rings (SSSR count). The maximum atomic E-state index is 10.5. The zero-order valence-corrected chi connectivity index (χ0v) is 11.6. The van der Waals surface area contributed by atoms with Gasteiger partial charge in [-0.2, -0.15) is 5.26 Å². The van der Waals surface area contributed by atoms with Crippen LogP contribution in [0.15, 0.2) is 42.5 Å². The Bertz CT molecular complexity index is 710. The van der Waals surface area contributed by atoms with E-state index >= 15 is 0 Å². The van der Waals surface area contributed by atoms with E-state index in [4.69, 9.17) is 26.7 Å². The molecular formula is C15H11ClN2O3. The summed E-state index contributed by atoms with van der Waals surface area (Å²) in [6, 6.07) is 13.7. The van der Waals surface area contributed by atoms with Crippen LogP contribution in [0.3, 0.4) is 0 Å². The average molecular weight is 303 g/mol. The monoisotopic (exact) mass is 302 g/mol. The first kappa shape index (κ1) is 14.7. The normalized spacial score (nSPS) is 9.71. The number of halogens is 1. The van der Waals surface area contributed by atoms with Gasteiger partial charge in [-0.05, 0) is 29.8 Å². The maximum absolute atomic E-state index is 10.5. The third kappa shape index (κ3) is 4.13. The Morgan fingerprint density at radius 1 is 1.33 bits per heavy atom. The molecule has 0 saturated heterocycles. The summed E-state index contributed by atoms with van der Waals surface area (Å²) in [4.78, 5) is 10.5. The van der Waals surface area contributed by atoms with E-state index in [9.17, 15) is 4.79 Å². The minimum atomic E-state index is -1.09. The van der Waals surface area contributed by atoms with E-state index in [1.807, 2.05) is 6.07 Å². The second-order valence-electron chi connectivity index (χ2n) is 4.16. The molecule has 0 spiro atoms. The van der Waals surface area contributed by atoms with Crippen molar-refractivity contribution in [2.24, 2.45) is 0 Å². The standard InChI is InChI=1S/C15H11ClN2O3/c16-12-5-4-11(8-17)14(7-12)21-13-3-1-2-10(6-13)9-18-15(19)20/h1-7,18H,9H2,(H,19,20). The molecule has 2 aromatic rings. The van der Waals surface area contributed by atoms with Gasteiger partial charge in [0.15, 0.2) is 0 Å². The number of nitrogens with one attached hydrogen (secondary N) is 1. The lowest BCUT2D eigenvalue weighted by atomic mass is 10.2. The molecule has 0 aliphatic rings. The van der Waals surface area contributed by atoms with Gasteiger partial charge in [0, 0.05) is 17.6 Å². The molecule has 0 aliphatic heterocycles. The van der Waals surface area contributed by atoms with Crippen molar-refractivity contribution in [1.29, 1.82) is 5.26 Å². The van der Waals surface area contributed by atoms with Crippen LogP contribution in [0.5, 0.6) is 11.5 Å². The predicted molar refractivity (Wildman–Crippen MR) is 77.5 cm³/mol. The van der Waals surface area contributed by atoms with Crippen molar-refractivity contribution in [1.82, 2.24) is 5.32 Å². The Balaban J connectivity index is 2.20. The molecule has 21 heavy (non-hydrogen) atoms. The molecular weight excluding hydrogens is 292 g/mol. The van der Waals surface area contributed by atoms with Crippen molar-refractivity contribution in [2.75, 3.05) is 0 Å². The average Bonchev–Trinajstić information content (AvgIpc) is 2.46. The molecule has 2 aromatic carbocycles. The van der Waals surface area contributed by atoms with Crippen LogP contribution in [0.1, 0.15) is 11.1 Å². The third-order valence-electron chi connectivity index (χ3n) is 2.63.